The molecule has 0 aliphatic rings. The zero-order valence-corrected chi connectivity index (χ0v) is 13.4. The van der Waals surface area contributed by atoms with Crippen molar-refractivity contribution in [2.75, 3.05) is 13.7 Å². The average molecular weight is 329 g/mol. The van der Waals surface area contributed by atoms with Crippen molar-refractivity contribution in [2.24, 2.45) is 0 Å². The van der Waals surface area contributed by atoms with Crippen molar-refractivity contribution in [1.29, 1.82) is 0 Å². The van der Waals surface area contributed by atoms with Crippen LogP contribution in [0.5, 0.6) is 0 Å². The quantitative estimate of drug-likeness (QED) is 0.332. The Labute approximate surface area is 135 Å². The van der Waals surface area contributed by atoms with Crippen LogP contribution in [0.2, 0.25) is 5.02 Å². The topological polar surface area (TPSA) is 76.0 Å². The third-order valence-corrected chi connectivity index (χ3v) is 3.40. The minimum Gasteiger partial charge on any atom is -0.498 e. The molecule has 0 aromatic heterocycles. The first-order chi connectivity index (χ1) is 10.5. The predicted octanol–water partition coefficient (Wildman–Crippen LogP) is 2.61. The van der Waals surface area contributed by atoms with Gasteiger partial charge in [0, 0.05) is 10.6 Å². The van der Waals surface area contributed by atoms with Crippen molar-refractivity contribution in [3.8, 4) is 0 Å². The second-order valence-electron chi connectivity index (χ2n) is 4.68. The Balaban J connectivity index is 2.81. The molecule has 1 aromatic rings. The average Bonchev–Trinajstić information content (AvgIpc) is 2.52. The maximum Gasteiger partial charge on any atom is 0.334 e. The van der Waals surface area contributed by atoms with Gasteiger partial charge in [-0.2, -0.15) is 0 Å². The SMILES string of the molecule is CCCCOC(=O)C=C(OC)C(O)C(O)c1ccccc1Cl. The van der Waals surface area contributed by atoms with Crippen LogP contribution < -0.4 is 0 Å². The van der Waals surface area contributed by atoms with Crippen LogP contribution in [0.1, 0.15) is 31.4 Å². The Bertz CT molecular complexity index is 515. The molecule has 0 heterocycles. The summed E-state index contributed by atoms with van der Waals surface area (Å²) in [4.78, 5) is 11.6. The summed E-state index contributed by atoms with van der Waals surface area (Å²) in [6, 6.07) is 6.58. The van der Waals surface area contributed by atoms with Crippen molar-refractivity contribution in [1.82, 2.24) is 0 Å². The molecule has 2 atom stereocenters. The van der Waals surface area contributed by atoms with E-state index in [-0.39, 0.29) is 5.76 Å². The Morgan fingerprint density at radius 2 is 2.05 bits per heavy atom. The highest BCUT2D eigenvalue weighted by atomic mass is 35.5. The molecule has 122 valence electrons. The number of unbranched alkanes of at least 4 members (excludes halogenated alkanes) is 1. The highest BCUT2D eigenvalue weighted by Crippen LogP contribution is 2.28. The fraction of sp³-hybridized carbons (Fsp3) is 0.438. The fourth-order valence-corrected chi connectivity index (χ4v) is 2.03. The molecule has 5 nitrogen and oxygen atoms in total. The van der Waals surface area contributed by atoms with Crippen molar-refractivity contribution in [2.45, 2.75) is 32.0 Å². The number of hydrogen-bond acceptors (Lipinski definition) is 5. The van der Waals surface area contributed by atoms with Crippen LogP contribution in [0.15, 0.2) is 36.1 Å². The number of aliphatic hydroxyl groups is 2. The van der Waals surface area contributed by atoms with Gasteiger partial charge in [-0.3, -0.25) is 0 Å². The van der Waals surface area contributed by atoms with Gasteiger partial charge in [0.2, 0.25) is 0 Å². The molecule has 0 aliphatic carbocycles. The molecule has 0 radical (unpaired) electrons. The number of rotatable bonds is 8. The zero-order valence-electron chi connectivity index (χ0n) is 12.7. The van der Waals surface area contributed by atoms with E-state index in [0.717, 1.165) is 18.9 Å². The molecule has 0 amide bonds. The molecule has 0 bridgehead atoms. The van der Waals surface area contributed by atoms with Gasteiger partial charge in [0.15, 0.2) is 0 Å². The summed E-state index contributed by atoms with van der Waals surface area (Å²) in [5.41, 5.74) is 0.346. The summed E-state index contributed by atoms with van der Waals surface area (Å²) >= 11 is 5.98. The van der Waals surface area contributed by atoms with E-state index in [9.17, 15) is 15.0 Å². The summed E-state index contributed by atoms with van der Waals surface area (Å²) in [7, 11) is 1.30. The molecule has 2 unspecified atom stereocenters. The number of hydrogen-bond donors (Lipinski definition) is 2. The molecule has 1 aromatic carbocycles. The molecular weight excluding hydrogens is 308 g/mol. The van der Waals surface area contributed by atoms with E-state index in [2.05, 4.69) is 0 Å². The second kappa shape index (κ2) is 9.46. The van der Waals surface area contributed by atoms with Crippen molar-refractivity contribution >= 4 is 17.6 Å². The van der Waals surface area contributed by atoms with Gasteiger partial charge in [-0.15, -0.1) is 0 Å². The molecule has 6 heteroatoms. The monoisotopic (exact) mass is 328 g/mol. The fourth-order valence-electron chi connectivity index (χ4n) is 1.78. The minimum atomic E-state index is -1.43. The molecule has 1 rings (SSSR count). The number of ether oxygens (including phenoxy) is 2. The maximum absolute atomic E-state index is 11.6. The van der Waals surface area contributed by atoms with Gasteiger partial charge in [0.1, 0.15) is 18.0 Å². The Morgan fingerprint density at radius 3 is 2.64 bits per heavy atom. The molecular formula is C16H21ClO5. The van der Waals surface area contributed by atoms with Crippen molar-refractivity contribution in [3.05, 3.63) is 46.7 Å². The molecule has 2 N–H and O–H groups in total. The van der Waals surface area contributed by atoms with Gasteiger partial charge in [0.05, 0.1) is 19.8 Å². The van der Waals surface area contributed by atoms with Crippen LogP contribution in [-0.2, 0) is 14.3 Å². The Hall–Kier alpha value is -1.56. The lowest BCUT2D eigenvalue weighted by molar-refractivity contribution is -0.138. The van der Waals surface area contributed by atoms with Gasteiger partial charge in [0.25, 0.3) is 0 Å². The molecule has 0 aliphatic heterocycles. The zero-order chi connectivity index (χ0) is 16.5. The summed E-state index contributed by atoms with van der Waals surface area (Å²) in [5.74, 6) is -0.718. The molecule has 22 heavy (non-hydrogen) atoms. The maximum atomic E-state index is 11.6. The Morgan fingerprint density at radius 1 is 1.36 bits per heavy atom. The highest BCUT2D eigenvalue weighted by Gasteiger charge is 2.25. The van der Waals surface area contributed by atoms with Crippen LogP contribution in [0.25, 0.3) is 0 Å². The largest absolute Gasteiger partial charge is 0.498 e. The van der Waals surface area contributed by atoms with Gasteiger partial charge >= 0.3 is 5.97 Å². The van der Waals surface area contributed by atoms with Gasteiger partial charge < -0.3 is 19.7 Å². The lowest BCUT2D eigenvalue weighted by Gasteiger charge is -2.20. The van der Waals surface area contributed by atoms with E-state index in [0.29, 0.717) is 17.2 Å². The number of benzene rings is 1. The van der Waals surface area contributed by atoms with E-state index >= 15 is 0 Å². The molecule has 0 fully saturated rings. The molecule has 0 saturated carbocycles. The standard InChI is InChI=1S/C16H21ClO5/c1-3-4-9-22-14(18)10-13(21-2)16(20)15(19)11-7-5-6-8-12(11)17/h5-8,10,15-16,19-20H,3-4,9H2,1-2H3. The van der Waals surface area contributed by atoms with Crippen LogP contribution in [0.3, 0.4) is 0 Å². The van der Waals surface area contributed by atoms with E-state index in [1.807, 2.05) is 6.92 Å². The summed E-state index contributed by atoms with van der Waals surface area (Å²) < 4.78 is 9.94. The van der Waals surface area contributed by atoms with Gasteiger partial charge in [-0.1, -0.05) is 43.1 Å². The number of methoxy groups -OCH3 is 1. The van der Waals surface area contributed by atoms with Crippen LogP contribution >= 0.6 is 11.6 Å². The third kappa shape index (κ3) is 5.33. The third-order valence-electron chi connectivity index (χ3n) is 3.05. The Kier molecular flexibility index (Phi) is 7.95. The summed E-state index contributed by atoms with van der Waals surface area (Å²) in [6.45, 7) is 2.28. The smallest absolute Gasteiger partial charge is 0.334 e. The van der Waals surface area contributed by atoms with Gasteiger partial charge in [-0.25, -0.2) is 4.79 Å². The lowest BCUT2D eigenvalue weighted by atomic mass is 10.0. The minimum absolute atomic E-state index is 0.0890. The van der Waals surface area contributed by atoms with Crippen molar-refractivity contribution in [3.63, 3.8) is 0 Å². The first-order valence-electron chi connectivity index (χ1n) is 7.04. The second-order valence-corrected chi connectivity index (χ2v) is 5.09. The number of aliphatic hydroxyl groups excluding tert-OH is 2. The number of carbonyl (C=O) groups is 1. The van der Waals surface area contributed by atoms with E-state index in [1.165, 1.54) is 7.11 Å². The first-order valence-corrected chi connectivity index (χ1v) is 7.42. The summed E-state index contributed by atoms with van der Waals surface area (Å²) in [6.07, 6.45) is -0.0540. The van der Waals surface area contributed by atoms with Crippen LogP contribution in [0, 0.1) is 0 Å². The van der Waals surface area contributed by atoms with E-state index < -0.39 is 18.2 Å². The lowest BCUT2D eigenvalue weighted by Crippen LogP contribution is -2.23. The first kappa shape index (κ1) is 18.5. The number of esters is 1. The normalized spacial score (nSPS) is 14.3. The van der Waals surface area contributed by atoms with Crippen LogP contribution in [0.4, 0.5) is 0 Å². The van der Waals surface area contributed by atoms with Crippen LogP contribution in [-0.4, -0.2) is 36.0 Å². The van der Waals surface area contributed by atoms with Gasteiger partial charge in [-0.05, 0) is 12.5 Å². The number of carbonyl (C=O) groups excluding carboxylic acids is 1. The van der Waals surface area contributed by atoms with E-state index in [1.54, 1.807) is 24.3 Å². The highest BCUT2D eigenvalue weighted by molar-refractivity contribution is 6.31. The van der Waals surface area contributed by atoms with E-state index in [4.69, 9.17) is 21.1 Å². The number of halogens is 1. The van der Waals surface area contributed by atoms with Crippen molar-refractivity contribution < 1.29 is 24.5 Å². The summed E-state index contributed by atoms with van der Waals surface area (Å²) in [5, 5.41) is 20.7. The predicted molar refractivity (Wildman–Crippen MR) is 83.4 cm³/mol. The molecule has 0 spiro atoms. The molecule has 0 saturated heterocycles.